The van der Waals surface area contributed by atoms with Crippen molar-refractivity contribution in [2.45, 2.75) is 51.0 Å². The summed E-state index contributed by atoms with van der Waals surface area (Å²) in [6.07, 6.45) is 5.07. The summed E-state index contributed by atoms with van der Waals surface area (Å²) in [5.41, 5.74) is 8.89. The Kier molecular flexibility index (Phi) is 3.83. The van der Waals surface area contributed by atoms with Crippen LogP contribution in [0.4, 0.5) is 0 Å². The Hall–Kier alpha value is -1.68. The van der Waals surface area contributed by atoms with Crippen LogP contribution >= 0.6 is 0 Å². The van der Waals surface area contributed by atoms with E-state index in [4.69, 9.17) is 10.3 Å². The van der Waals surface area contributed by atoms with E-state index in [9.17, 15) is 0 Å². The molecule has 0 spiro atoms. The molecule has 0 saturated carbocycles. The van der Waals surface area contributed by atoms with Crippen molar-refractivity contribution in [3.63, 3.8) is 0 Å². The van der Waals surface area contributed by atoms with E-state index >= 15 is 0 Å². The minimum Gasteiger partial charge on any atom is -0.339 e. The van der Waals surface area contributed by atoms with Crippen molar-refractivity contribution in [2.75, 3.05) is 0 Å². The molecule has 1 heterocycles. The molecule has 0 bridgehead atoms. The highest BCUT2D eigenvalue weighted by molar-refractivity contribution is 5.31. The first-order valence-electron chi connectivity index (χ1n) is 7.43. The lowest BCUT2D eigenvalue weighted by atomic mass is 9.84. The van der Waals surface area contributed by atoms with Gasteiger partial charge in [-0.15, -0.1) is 0 Å². The molecule has 2 aromatic rings. The van der Waals surface area contributed by atoms with Crippen LogP contribution in [0.15, 0.2) is 28.8 Å². The highest BCUT2D eigenvalue weighted by Gasteiger charge is 2.25. The smallest absolute Gasteiger partial charge is 0.230 e. The Bertz CT molecular complexity index is 579. The van der Waals surface area contributed by atoms with Crippen molar-refractivity contribution in [3.05, 3.63) is 47.1 Å². The summed E-state index contributed by atoms with van der Waals surface area (Å²) in [6.45, 7) is 2.11. The summed E-state index contributed by atoms with van der Waals surface area (Å²) in [5.74, 6) is 1.74. The highest BCUT2D eigenvalue weighted by atomic mass is 16.5. The third kappa shape index (κ3) is 2.61. The Labute approximate surface area is 119 Å². The summed E-state index contributed by atoms with van der Waals surface area (Å²) >= 11 is 0. The highest BCUT2D eigenvalue weighted by Crippen LogP contribution is 2.32. The second-order valence-corrected chi connectivity index (χ2v) is 5.59. The molecular formula is C16H21N3O. The Balaban J connectivity index is 1.75. The summed E-state index contributed by atoms with van der Waals surface area (Å²) in [5, 5.41) is 4.05. The van der Waals surface area contributed by atoms with Crippen LogP contribution in [0.25, 0.3) is 0 Å². The van der Waals surface area contributed by atoms with Crippen LogP contribution < -0.4 is 5.73 Å². The van der Waals surface area contributed by atoms with Crippen molar-refractivity contribution < 1.29 is 4.52 Å². The predicted molar refractivity (Wildman–Crippen MR) is 77.3 cm³/mol. The zero-order valence-electron chi connectivity index (χ0n) is 11.9. The SMILES string of the molecule is CCCC(N)c1noc(C2CCc3ccccc3C2)n1. The van der Waals surface area contributed by atoms with Gasteiger partial charge in [-0.1, -0.05) is 42.8 Å². The lowest BCUT2D eigenvalue weighted by molar-refractivity contribution is 0.335. The number of aromatic nitrogens is 2. The van der Waals surface area contributed by atoms with Gasteiger partial charge in [-0.2, -0.15) is 4.98 Å². The molecule has 0 amide bonds. The average Bonchev–Trinajstić information content (AvgIpc) is 2.97. The maximum atomic E-state index is 6.04. The van der Waals surface area contributed by atoms with Gasteiger partial charge in [0, 0.05) is 5.92 Å². The molecule has 0 aliphatic heterocycles. The van der Waals surface area contributed by atoms with Crippen LogP contribution in [0.2, 0.25) is 0 Å². The number of benzene rings is 1. The normalized spacial score (nSPS) is 19.6. The molecule has 2 atom stereocenters. The topological polar surface area (TPSA) is 64.9 Å². The fourth-order valence-electron chi connectivity index (χ4n) is 2.91. The summed E-state index contributed by atoms with van der Waals surface area (Å²) in [7, 11) is 0. The molecule has 4 nitrogen and oxygen atoms in total. The molecule has 1 aromatic heterocycles. The molecule has 0 radical (unpaired) electrons. The minimum atomic E-state index is -0.103. The number of nitrogens with zero attached hydrogens (tertiary/aromatic N) is 2. The predicted octanol–water partition coefficient (Wildman–Crippen LogP) is 3.14. The minimum absolute atomic E-state index is 0.103. The quantitative estimate of drug-likeness (QED) is 0.927. The van der Waals surface area contributed by atoms with Crippen molar-refractivity contribution in [3.8, 4) is 0 Å². The molecule has 0 fully saturated rings. The maximum absolute atomic E-state index is 6.04. The maximum Gasteiger partial charge on any atom is 0.230 e. The van der Waals surface area contributed by atoms with E-state index in [-0.39, 0.29) is 6.04 Å². The van der Waals surface area contributed by atoms with E-state index in [0.29, 0.717) is 11.7 Å². The second-order valence-electron chi connectivity index (χ2n) is 5.59. The van der Waals surface area contributed by atoms with Gasteiger partial charge in [-0.05, 0) is 36.8 Å². The third-order valence-electron chi connectivity index (χ3n) is 4.08. The first-order valence-corrected chi connectivity index (χ1v) is 7.43. The number of nitrogens with two attached hydrogens (primary N) is 1. The second kappa shape index (κ2) is 5.75. The molecular weight excluding hydrogens is 250 g/mol. The lowest BCUT2D eigenvalue weighted by Gasteiger charge is -2.21. The van der Waals surface area contributed by atoms with Crippen LogP contribution in [-0.2, 0) is 12.8 Å². The number of hydrogen-bond acceptors (Lipinski definition) is 4. The lowest BCUT2D eigenvalue weighted by Crippen LogP contribution is -2.14. The van der Waals surface area contributed by atoms with E-state index in [1.807, 2.05) is 0 Å². The molecule has 1 aliphatic rings. The number of hydrogen-bond donors (Lipinski definition) is 1. The van der Waals surface area contributed by atoms with Gasteiger partial charge < -0.3 is 10.3 Å². The first kappa shape index (κ1) is 13.3. The van der Waals surface area contributed by atoms with Crippen LogP contribution in [0.5, 0.6) is 0 Å². The molecule has 3 rings (SSSR count). The van der Waals surface area contributed by atoms with E-state index in [1.54, 1.807) is 0 Å². The van der Waals surface area contributed by atoms with E-state index in [0.717, 1.165) is 38.0 Å². The number of rotatable bonds is 4. The zero-order chi connectivity index (χ0) is 13.9. The van der Waals surface area contributed by atoms with Crippen LogP contribution in [0.3, 0.4) is 0 Å². The van der Waals surface area contributed by atoms with Crippen LogP contribution in [-0.4, -0.2) is 10.1 Å². The summed E-state index contributed by atoms with van der Waals surface area (Å²) in [6, 6.07) is 8.50. The third-order valence-corrected chi connectivity index (χ3v) is 4.08. The molecule has 4 heteroatoms. The van der Waals surface area contributed by atoms with Crippen molar-refractivity contribution >= 4 is 0 Å². The van der Waals surface area contributed by atoms with Gasteiger partial charge in [-0.3, -0.25) is 0 Å². The Morgan fingerprint density at radius 2 is 2.15 bits per heavy atom. The van der Waals surface area contributed by atoms with Crippen LogP contribution in [0.1, 0.15) is 61.0 Å². The molecule has 2 N–H and O–H groups in total. The summed E-state index contributed by atoms with van der Waals surface area (Å²) in [4.78, 5) is 4.52. The Morgan fingerprint density at radius 1 is 1.35 bits per heavy atom. The number of fused-ring (bicyclic) bond motifs is 1. The van der Waals surface area contributed by atoms with Gasteiger partial charge in [0.1, 0.15) is 0 Å². The van der Waals surface area contributed by atoms with Gasteiger partial charge in [0.25, 0.3) is 0 Å². The van der Waals surface area contributed by atoms with Gasteiger partial charge in [-0.25, -0.2) is 0 Å². The standard InChI is InChI=1S/C16H21N3O/c1-2-5-14(17)15-18-16(20-19-15)13-9-8-11-6-3-4-7-12(11)10-13/h3-4,6-7,13-14H,2,5,8-10,17H2,1H3. The molecule has 1 aromatic carbocycles. The van der Waals surface area contributed by atoms with Gasteiger partial charge in [0.05, 0.1) is 6.04 Å². The van der Waals surface area contributed by atoms with Crippen molar-refractivity contribution in [1.82, 2.24) is 10.1 Å². The molecule has 20 heavy (non-hydrogen) atoms. The fraction of sp³-hybridized carbons (Fsp3) is 0.500. The average molecular weight is 271 g/mol. The van der Waals surface area contributed by atoms with E-state index in [1.165, 1.54) is 11.1 Å². The largest absolute Gasteiger partial charge is 0.339 e. The van der Waals surface area contributed by atoms with Gasteiger partial charge >= 0.3 is 0 Å². The zero-order valence-corrected chi connectivity index (χ0v) is 11.9. The van der Waals surface area contributed by atoms with Gasteiger partial charge in [0.15, 0.2) is 5.82 Å². The fourth-order valence-corrected chi connectivity index (χ4v) is 2.91. The van der Waals surface area contributed by atoms with E-state index in [2.05, 4.69) is 41.3 Å². The molecule has 106 valence electrons. The first-order chi connectivity index (χ1) is 9.78. The van der Waals surface area contributed by atoms with Crippen LogP contribution in [0, 0.1) is 0 Å². The summed E-state index contributed by atoms with van der Waals surface area (Å²) < 4.78 is 5.45. The number of aryl methyl sites for hydroxylation is 1. The van der Waals surface area contributed by atoms with E-state index < -0.39 is 0 Å². The Morgan fingerprint density at radius 3 is 2.95 bits per heavy atom. The van der Waals surface area contributed by atoms with Crippen molar-refractivity contribution in [2.24, 2.45) is 5.73 Å². The molecule has 0 saturated heterocycles. The van der Waals surface area contributed by atoms with Gasteiger partial charge in [0.2, 0.25) is 5.89 Å². The molecule has 1 aliphatic carbocycles. The van der Waals surface area contributed by atoms with Crippen molar-refractivity contribution in [1.29, 1.82) is 0 Å². The molecule has 2 unspecified atom stereocenters. The monoisotopic (exact) mass is 271 g/mol.